The Hall–Kier alpha value is -1.27. The Morgan fingerprint density at radius 3 is 2.11 bits per heavy atom. The van der Waals surface area contributed by atoms with Crippen molar-refractivity contribution >= 4 is 21.9 Å². The van der Waals surface area contributed by atoms with Gasteiger partial charge in [0.05, 0.1) is 14.2 Å². The first-order valence-electron chi connectivity index (χ1n) is 5.77. The van der Waals surface area contributed by atoms with Gasteiger partial charge >= 0.3 is 5.97 Å². The molecule has 3 N–H and O–H groups in total. The Kier molecular flexibility index (Phi) is 5.20. The van der Waals surface area contributed by atoms with E-state index in [1.165, 1.54) is 7.11 Å². The molecule has 0 saturated carbocycles. The summed E-state index contributed by atoms with van der Waals surface area (Å²) in [6.07, 6.45) is 0. The molecular weight excluding hydrogens is 314 g/mol. The highest BCUT2D eigenvalue weighted by atomic mass is 79.9. The van der Waals surface area contributed by atoms with Gasteiger partial charge in [0, 0.05) is 5.56 Å². The van der Waals surface area contributed by atoms with Crippen molar-refractivity contribution in [2.75, 3.05) is 14.2 Å². The number of hydrogen-bond acceptors (Lipinski definition) is 4. The normalized spacial score (nSPS) is 12.4. The van der Waals surface area contributed by atoms with Gasteiger partial charge in [0.25, 0.3) is 0 Å². The fourth-order valence-electron chi connectivity index (χ4n) is 1.86. The third-order valence-corrected chi connectivity index (χ3v) is 3.59. The maximum Gasteiger partial charge on any atom is 0.325 e. The number of carboxylic acids is 1. The molecule has 1 unspecified atom stereocenters. The van der Waals surface area contributed by atoms with Crippen molar-refractivity contribution in [2.24, 2.45) is 5.73 Å². The number of benzene rings is 1. The molecule has 5 nitrogen and oxygen atoms in total. The lowest BCUT2D eigenvalue weighted by Crippen LogP contribution is -2.22. The minimum absolute atomic E-state index is 0.164. The van der Waals surface area contributed by atoms with E-state index in [0.717, 1.165) is 5.56 Å². The summed E-state index contributed by atoms with van der Waals surface area (Å²) >= 11 is 3.39. The Labute approximate surface area is 120 Å². The van der Waals surface area contributed by atoms with Crippen molar-refractivity contribution < 1.29 is 19.4 Å². The second kappa shape index (κ2) is 6.25. The molecule has 0 aliphatic heterocycles. The zero-order valence-electron chi connectivity index (χ0n) is 11.4. The number of halogens is 1. The van der Waals surface area contributed by atoms with E-state index in [1.54, 1.807) is 13.2 Å². The fourth-order valence-corrected chi connectivity index (χ4v) is 2.64. The first-order chi connectivity index (χ1) is 8.84. The van der Waals surface area contributed by atoms with Crippen LogP contribution < -0.4 is 15.2 Å². The van der Waals surface area contributed by atoms with E-state index in [-0.39, 0.29) is 5.92 Å². The van der Waals surface area contributed by atoms with Gasteiger partial charge in [0.1, 0.15) is 22.0 Å². The summed E-state index contributed by atoms with van der Waals surface area (Å²) in [6.45, 7) is 3.99. The summed E-state index contributed by atoms with van der Waals surface area (Å²) in [5.74, 6) is 0.0753. The molecule has 0 saturated heterocycles. The lowest BCUT2D eigenvalue weighted by molar-refractivity contribution is -0.138. The van der Waals surface area contributed by atoms with Crippen LogP contribution >= 0.6 is 15.9 Å². The third kappa shape index (κ3) is 3.01. The molecule has 19 heavy (non-hydrogen) atoms. The van der Waals surface area contributed by atoms with Gasteiger partial charge in [0.15, 0.2) is 0 Å². The van der Waals surface area contributed by atoms with Crippen LogP contribution in [0.5, 0.6) is 11.5 Å². The van der Waals surface area contributed by atoms with E-state index in [9.17, 15) is 4.79 Å². The molecule has 0 bridgehead atoms. The van der Waals surface area contributed by atoms with Crippen molar-refractivity contribution in [1.82, 2.24) is 0 Å². The molecule has 1 aromatic carbocycles. The van der Waals surface area contributed by atoms with Crippen LogP contribution in [0.25, 0.3) is 0 Å². The van der Waals surface area contributed by atoms with Gasteiger partial charge in [-0.3, -0.25) is 4.79 Å². The predicted octanol–water partition coefficient (Wildman–Crippen LogP) is 2.67. The summed E-state index contributed by atoms with van der Waals surface area (Å²) in [5.41, 5.74) is 7.00. The number of nitrogens with two attached hydrogens (primary N) is 1. The predicted molar refractivity (Wildman–Crippen MR) is 75.9 cm³/mol. The second-order valence-corrected chi connectivity index (χ2v) is 5.20. The van der Waals surface area contributed by atoms with Crippen molar-refractivity contribution in [2.45, 2.75) is 25.8 Å². The number of hydrogen-bond donors (Lipinski definition) is 2. The minimum Gasteiger partial charge on any atom is -0.495 e. The van der Waals surface area contributed by atoms with Crippen molar-refractivity contribution in [3.05, 3.63) is 21.7 Å². The number of aliphatic carboxylic acids is 1. The van der Waals surface area contributed by atoms with Crippen LogP contribution in [-0.4, -0.2) is 25.3 Å². The highest BCUT2D eigenvalue weighted by Gasteiger charge is 2.26. The lowest BCUT2D eigenvalue weighted by atomic mass is 9.96. The first kappa shape index (κ1) is 15.8. The monoisotopic (exact) mass is 331 g/mol. The molecule has 1 rings (SSSR count). The van der Waals surface area contributed by atoms with Gasteiger partial charge in [-0.25, -0.2) is 0 Å². The van der Waals surface area contributed by atoms with E-state index in [2.05, 4.69) is 15.9 Å². The van der Waals surface area contributed by atoms with Gasteiger partial charge in [0.2, 0.25) is 0 Å². The molecule has 0 aromatic heterocycles. The molecule has 6 heteroatoms. The number of carboxylic acid groups (broad SMARTS) is 1. The Balaban J connectivity index is 3.59. The first-order valence-corrected chi connectivity index (χ1v) is 6.57. The van der Waals surface area contributed by atoms with E-state index >= 15 is 0 Å². The van der Waals surface area contributed by atoms with Crippen molar-refractivity contribution in [3.63, 3.8) is 0 Å². The molecule has 0 heterocycles. The molecule has 0 amide bonds. The van der Waals surface area contributed by atoms with Crippen molar-refractivity contribution in [3.8, 4) is 11.5 Å². The maximum absolute atomic E-state index is 11.1. The number of carbonyl (C=O) groups is 1. The topological polar surface area (TPSA) is 81.8 Å². The van der Waals surface area contributed by atoms with Crippen LogP contribution in [0, 0.1) is 0 Å². The highest BCUT2D eigenvalue weighted by molar-refractivity contribution is 9.10. The van der Waals surface area contributed by atoms with Crippen LogP contribution in [0.3, 0.4) is 0 Å². The van der Waals surface area contributed by atoms with Crippen molar-refractivity contribution in [1.29, 1.82) is 0 Å². The van der Waals surface area contributed by atoms with Crippen LogP contribution in [0.15, 0.2) is 10.5 Å². The Morgan fingerprint density at radius 2 is 1.74 bits per heavy atom. The summed E-state index contributed by atoms with van der Waals surface area (Å²) in [6, 6.07) is 0.584. The van der Waals surface area contributed by atoms with Gasteiger partial charge in [-0.05, 0) is 33.5 Å². The van der Waals surface area contributed by atoms with Gasteiger partial charge in [-0.2, -0.15) is 0 Å². The van der Waals surface area contributed by atoms with E-state index in [0.29, 0.717) is 21.5 Å². The van der Waals surface area contributed by atoms with E-state index < -0.39 is 12.0 Å². The molecular formula is C13H18BrNO4. The number of methoxy groups -OCH3 is 2. The van der Waals surface area contributed by atoms with Gasteiger partial charge in [-0.15, -0.1) is 0 Å². The van der Waals surface area contributed by atoms with E-state index in [4.69, 9.17) is 20.3 Å². The molecule has 0 aliphatic carbocycles. The Morgan fingerprint density at radius 1 is 1.26 bits per heavy atom. The van der Waals surface area contributed by atoms with Crippen LogP contribution in [-0.2, 0) is 4.79 Å². The molecule has 0 spiro atoms. The molecule has 1 atom stereocenters. The van der Waals surface area contributed by atoms with Crippen LogP contribution in [0.1, 0.15) is 36.9 Å². The molecule has 0 fully saturated rings. The number of rotatable bonds is 5. The maximum atomic E-state index is 11.1. The SMILES string of the molecule is COc1c(C(C)C)cc(C(N)C(=O)O)c(OC)c1Br. The molecule has 1 aromatic rings. The highest BCUT2D eigenvalue weighted by Crippen LogP contribution is 2.44. The minimum atomic E-state index is -1.14. The fraction of sp³-hybridized carbons (Fsp3) is 0.462. The average molecular weight is 332 g/mol. The third-order valence-electron chi connectivity index (χ3n) is 2.87. The zero-order chi connectivity index (χ0) is 14.7. The van der Waals surface area contributed by atoms with Gasteiger partial charge < -0.3 is 20.3 Å². The smallest absolute Gasteiger partial charge is 0.325 e. The zero-order valence-corrected chi connectivity index (χ0v) is 12.9. The number of ether oxygens (including phenoxy) is 2. The largest absolute Gasteiger partial charge is 0.495 e. The molecule has 106 valence electrons. The summed E-state index contributed by atoms with van der Waals surface area (Å²) in [5, 5.41) is 9.08. The summed E-state index contributed by atoms with van der Waals surface area (Å²) < 4.78 is 11.2. The van der Waals surface area contributed by atoms with Crippen LogP contribution in [0.2, 0.25) is 0 Å². The summed E-state index contributed by atoms with van der Waals surface area (Å²) in [4.78, 5) is 11.1. The second-order valence-electron chi connectivity index (χ2n) is 4.41. The van der Waals surface area contributed by atoms with Gasteiger partial charge in [-0.1, -0.05) is 13.8 Å². The average Bonchev–Trinajstić information content (AvgIpc) is 2.36. The Bertz CT molecular complexity index is 488. The lowest BCUT2D eigenvalue weighted by Gasteiger charge is -2.21. The standard InChI is InChI=1S/C13H18BrNO4/c1-6(2)7-5-8(10(15)13(16)17)12(19-4)9(14)11(7)18-3/h5-6,10H,15H2,1-4H3,(H,16,17). The van der Waals surface area contributed by atoms with Crippen LogP contribution in [0.4, 0.5) is 0 Å². The summed E-state index contributed by atoms with van der Waals surface area (Å²) in [7, 11) is 3.02. The van der Waals surface area contributed by atoms with E-state index in [1.807, 2.05) is 13.8 Å². The quantitative estimate of drug-likeness (QED) is 0.866. The molecule has 0 radical (unpaired) electrons. The molecule has 0 aliphatic rings.